The highest BCUT2D eigenvalue weighted by atomic mass is 19.2. The molecule has 12 heteroatoms. The van der Waals surface area contributed by atoms with Crippen LogP contribution in [0.15, 0.2) is 101 Å². The Morgan fingerprint density at radius 1 is 1.02 bits per heavy atom. The summed E-state index contributed by atoms with van der Waals surface area (Å²) in [5.41, 5.74) is 10.4. The monoisotopic (exact) mass is 641 g/mol. The van der Waals surface area contributed by atoms with Crippen LogP contribution in [0.3, 0.4) is 0 Å². The number of hydrogen-bond donors (Lipinski definition) is 2. The molecule has 1 aliphatic rings. The lowest BCUT2D eigenvalue weighted by molar-refractivity contribution is -0.129. The molecule has 2 atom stereocenters. The molecule has 0 unspecified atom stereocenters. The molecule has 10 nitrogen and oxygen atoms in total. The molecule has 0 radical (unpaired) electrons. The summed E-state index contributed by atoms with van der Waals surface area (Å²) in [6.07, 6.45) is -0.421. The van der Waals surface area contributed by atoms with Gasteiger partial charge in [-0.15, -0.1) is 0 Å². The number of aliphatic imine (C=N–C) groups is 1. The summed E-state index contributed by atoms with van der Waals surface area (Å²) in [5, 5.41) is 15.7. The van der Waals surface area contributed by atoms with E-state index in [0.717, 1.165) is 12.1 Å². The van der Waals surface area contributed by atoms with Crippen LogP contribution in [0.25, 0.3) is 10.4 Å². The van der Waals surface area contributed by atoms with Gasteiger partial charge in [-0.2, -0.15) is 0 Å². The molecule has 0 aliphatic carbocycles. The van der Waals surface area contributed by atoms with Crippen LogP contribution < -0.4 is 14.8 Å². The molecule has 1 amide bonds. The molecule has 0 aromatic heterocycles. The lowest BCUT2D eigenvalue weighted by Crippen LogP contribution is -2.49. The quantitative estimate of drug-likeness (QED) is 0.0714. The maximum atomic E-state index is 14.5. The zero-order chi connectivity index (χ0) is 33.2. The van der Waals surface area contributed by atoms with Crippen LogP contribution in [0.2, 0.25) is 0 Å². The molecule has 4 aromatic rings. The second kappa shape index (κ2) is 15.2. The van der Waals surface area contributed by atoms with Crippen LogP contribution in [0.1, 0.15) is 40.3 Å². The van der Waals surface area contributed by atoms with Gasteiger partial charge in [0, 0.05) is 36.5 Å². The number of benzene rings is 4. The van der Waals surface area contributed by atoms with Crippen LogP contribution in [0.5, 0.6) is 11.5 Å². The number of hydrogen-bond acceptors (Lipinski definition) is 7. The van der Waals surface area contributed by atoms with Gasteiger partial charge in [-0.25, -0.2) is 13.8 Å². The van der Waals surface area contributed by atoms with Gasteiger partial charge >= 0.3 is 0 Å². The van der Waals surface area contributed by atoms with Gasteiger partial charge in [0.05, 0.1) is 20.3 Å². The predicted molar refractivity (Wildman–Crippen MR) is 171 cm³/mol. The third-order valence-corrected chi connectivity index (χ3v) is 7.75. The van der Waals surface area contributed by atoms with Crippen LogP contribution in [0.4, 0.5) is 8.78 Å². The fourth-order valence-electron chi connectivity index (χ4n) is 5.35. The Bertz CT molecular complexity index is 1800. The Morgan fingerprint density at radius 3 is 2.53 bits per heavy atom. The van der Waals surface area contributed by atoms with Gasteiger partial charge in [-0.3, -0.25) is 4.79 Å². The third-order valence-electron chi connectivity index (χ3n) is 7.75. The number of nitrogens with zero attached hydrogens (tertiary/aromatic N) is 4. The molecule has 2 N–H and O–H groups in total. The van der Waals surface area contributed by atoms with E-state index < -0.39 is 29.2 Å². The lowest BCUT2D eigenvalue weighted by Gasteiger charge is -2.31. The first kappa shape index (κ1) is 32.9. The molecule has 4 aromatic carbocycles. The summed E-state index contributed by atoms with van der Waals surface area (Å²) in [4.78, 5) is 22.4. The standard InChI is InChI=1S/C35H33F2N5O5/c1-45-29-9-4-8-25(19-29)32-35(20-26-6-2-3-7-27(26)22-40-42-38,34(44)39-21-23-10-15-30(36)31(37)18-23)41-33(47-32)24-11-13-28(14-12-24)46-17-5-16-43/h2-4,6-15,18-19,32,43H,5,16-17,20-22H2,1H3,(H,39,44)/t32-,35-/m1/s1. The minimum atomic E-state index is -1.61. The number of aliphatic hydroxyl groups is 1. The van der Waals surface area contributed by atoms with E-state index in [2.05, 4.69) is 15.3 Å². The number of nitrogens with one attached hydrogen (secondary N) is 1. The van der Waals surface area contributed by atoms with E-state index in [1.807, 2.05) is 30.3 Å². The first-order valence-corrected chi connectivity index (χ1v) is 14.9. The first-order valence-electron chi connectivity index (χ1n) is 14.9. The van der Waals surface area contributed by atoms with Crippen molar-refractivity contribution in [3.05, 3.63) is 141 Å². The molecule has 1 heterocycles. The fourth-order valence-corrected chi connectivity index (χ4v) is 5.35. The van der Waals surface area contributed by atoms with Crippen LogP contribution in [-0.4, -0.2) is 42.8 Å². The highest BCUT2D eigenvalue weighted by molar-refractivity contribution is 6.01. The first-order chi connectivity index (χ1) is 22.9. The summed E-state index contributed by atoms with van der Waals surface area (Å²) < 4.78 is 45.4. The Morgan fingerprint density at radius 2 is 1.81 bits per heavy atom. The van der Waals surface area contributed by atoms with Crippen molar-refractivity contribution in [1.29, 1.82) is 0 Å². The zero-order valence-corrected chi connectivity index (χ0v) is 25.6. The van der Waals surface area contributed by atoms with Gasteiger partial charge in [-0.05, 0) is 76.3 Å². The summed E-state index contributed by atoms with van der Waals surface area (Å²) in [6.45, 7) is 0.314. The molecule has 0 fully saturated rings. The highest BCUT2D eigenvalue weighted by Crippen LogP contribution is 2.43. The molecule has 0 spiro atoms. The number of amides is 1. The van der Waals surface area contributed by atoms with E-state index in [1.165, 1.54) is 13.2 Å². The average Bonchev–Trinajstić information content (AvgIpc) is 3.49. The molecule has 1 aliphatic heterocycles. The molecule has 0 bridgehead atoms. The third kappa shape index (κ3) is 7.69. The molecular formula is C35H33F2N5O5. The van der Waals surface area contributed by atoms with E-state index in [1.54, 1.807) is 42.5 Å². The Balaban J connectivity index is 1.61. The Hall–Kier alpha value is -5.45. The van der Waals surface area contributed by atoms with E-state index in [4.69, 9.17) is 29.8 Å². The van der Waals surface area contributed by atoms with Crippen molar-refractivity contribution in [2.45, 2.75) is 37.6 Å². The maximum Gasteiger partial charge on any atom is 0.252 e. The minimum absolute atomic E-state index is 0.0145. The number of azide groups is 1. The molecule has 0 saturated heterocycles. The summed E-state index contributed by atoms with van der Waals surface area (Å²) in [7, 11) is 1.54. The summed E-state index contributed by atoms with van der Waals surface area (Å²) in [6, 6.07) is 24.9. The largest absolute Gasteiger partial charge is 0.497 e. The second-order valence-electron chi connectivity index (χ2n) is 10.8. The molecule has 0 saturated carbocycles. The van der Waals surface area contributed by atoms with Crippen LogP contribution in [-0.2, 0) is 29.0 Å². The van der Waals surface area contributed by atoms with E-state index in [9.17, 15) is 13.6 Å². The van der Waals surface area contributed by atoms with Gasteiger partial charge in [0.2, 0.25) is 5.90 Å². The van der Waals surface area contributed by atoms with Crippen molar-refractivity contribution in [2.75, 3.05) is 20.3 Å². The van der Waals surface area contributed by atoms with Crippen molar-refractivity contribution >= 4 is 11.8 Å². The summed E-state index contributed by atoms with van der Waals surface area (Å²) >= 11 is 0. The van der Waals surface area contributed by atoms with Crippen LogP contribution >= 0.6 is 0 Å². The summed E-state index contributed by atoms with van der Waals surface area (Å²) in [5.74, 6) is -1.20. The lowest BCUT2D eigenvalue weighted by atomic mass is 9.80. The zero-order valence-electron chi connectivity index (χ0n) is 25.6. The number of ether oxygens (including phenoxy) is 3. The van der Waals surface area contributed by atoms with Crippen molar-refractivity contribution in [1.82, 2.24) is 5.32 Å². The Labute approximate surface area is 270 Å². The van der Waals surface area contributed by atoms with Gasteiger partial charge in [0.25, 0.3) is 5.91 Å². The van der Waals surface area contributed by atoms with Gasteiger partial charge in [0.15, 0.2) is 23.3 Å². The van der Waals surface area contributed by atoms with E-state index in [0.29, 0.717) is 52.3 Å². The predicted octanol–water partition coefficient (Wildman–Crippen LogP) is 6.36. The van der Waals surface area contributed by atoms with Gasteiger partial charge in [0.1, 0.15) is 11.5 Å². The second-order valence-corrected chi connectivity index (χ2v) is 10.8. The number of carbonyl (C=O) groups excluding carboxylic acids is 1. The number of aliphatic hydroxyl groups excluding tert-OH is 1. The van der Waals surface area contributed by atoms with Gasteiger partial charge in [-0.1, -0.05) is 47.6 Å². The maximum absolute atomic E-state index is 14.5. The smallest absolute Gasteiger partial charge is 0.252 e. The van der Waals surface area contributed by atoms with E-state index in [-0.39, 0.29) is 32.0 Å². The number of methoxy groups -OCH3 is 1. The van der Waals surface area contributed by atoms with Crippen molar-refractivity contribution in [3.63, 3.8) is 0 Å². The molecule has 5 rings (SSSR count). The minimum Gasteiger partial charge on any atom is -0.497 e. The molecule has 47 heavy (non-hydrogen) atoms. The molecular weight excluding hydrogens is 608 g/mol. The van der Waals surface area contributed by atoms with Crippen molar-refractivity contribution in [3.8, 4) is 11.5 Å². The Kier molecular flexibility index (Phi) is 10.7. The van der Waals surface area contributed by atoms with Crippen molar-refractivity contribution < 1.29 is 32.9 Å². The molecule has 242 valence electrons. The number of rotatable bonds is 14. The van der Waals surface area contributed by atoms with Crippen LogP contribution in [0, 0.1) is 11.6 Å². The SMILES string of the molecule is COc1cccc([C@H]2OC(c3ccc(OCCCO)cc3)=N[C@@]2(Cc2ccccc2CN=[N+]=[N-])C(=O)NCc2ccc(F)c(F)c2)c1. The highest BCUT2D eigenvalue weighted by Gasteiger charge is 2.53. The average molecular weight is 642 g/mol. The topological polar surface area (TPSA) is 138 Å². The van der Waals surface area contributed by atoms with Crippen molar-refractivity contribution in [2.24, 2.45) is 10.1 Å². The normalized spacial score (nSPS) is 16.9. The fraction of sp³-hybridized carbons (Fsp3) is 0.257. The number of halogens is 2. The van der Waals surface area contributed by atoms with E-state index >= 15 is 0 Å². The van der Waals surface area contributed by atoms with Gasteiger partial charge < -0.3 is 24.6 Å². The number of carbonyl (C=O) groups is 1.